The van der Waals surface area contributed by atoms with Crippen LogP contribution in [0.5, 0.6) is 5.88 Å². The average Bonchev–Trinajstić information content (AvgIpc) is 3.46. The van der Waals surface area contributed by atoms with Crippen molar-refractivity contribution in [3.8, 4) is 28.5 Å². The minimum absolute atomic E-state index is 0.235. The number of fused-ring (bicyclic) bond motifs is 1. The molecule has 4 aromatic heterocycles. The Balaban J connectivity index is 1.48. The number of rotatable bonds is 8. The lowest BCUT2D eigenvalue weighted by molar-refractivity contribution is -0.140. The van der Waals surface area contributed by atoms with Crippen LogP contribution in [-0.2, 0) is 26.2 Å². The van der Waals surface area contributed by atoms with E-state index in [1.807, 2.05) is 19.1 Å². The molecule has 0 aliphatic carbocycles. The van der Waals surface area contributed by atoms with Gasteiger partial charge in [0.1, 0.15) is 23.7 Å². The highest BCUT2D eigenvalue weighted by Gasteiger charge is 2.34. The fourth-order valence-electron chi connectivity index (χ4n) is 4.18. The minimum Gasteiger partial charge on any atom is -0.477 e. The van der Waals surface area contributed by atoms with Gasteiger partial charge < -0.3 is 9.30 Å². The lowest BCUT2D eigenvalue weighted by Crippen LogP contribution is -2.05. The Kier molecular flexibility index (Phi) is 6.79. The topological polar surface area (TPSA) is 96.4 Å². The molecule has 0 aliphatic rings. The predicted molar refractivity (Wildman–Crippen MR) is 134 cm³/mol. The highest BCUT2D eigenvalue weighted by molar-refractivity contribution is 5.91. The third-order valence-electron chi connectivity index (χ3n) is 5.94. The smallest absolute Gasteiger partial charge is 0.434 e. The van der Waals surface area contributed by atoms with Crippen LogP contribution in [0.1, 0.15) is 37.4 Å². The Labute approximate surface area is 216 Å². The van der Waals surface area contributed by atoms with Crippen LogP contribution in [0.15, 0.2) is 49.2 Å². The fourth-order valence-corrected chi connectivity index (χ4v) is 4.18. The number of nitrogens with zero attached hydrogens (tertiary/aromatic N) is 8. The summed E-state index contributed by atoms with van der Waals surface area (Å²) in [5, 5.41) is 5.54. The minimum atomic E-state index is -4.50. The monoisotopic (exact) mass is 522 g/mol. The molecule has 0 saturated heterocycles. The van der Waals surface area contributed by atoms with Crippen LogP contribution in [0.4, 0.5) is 13.2 Å². The third-order valence-corrected chi connectivity index (χ3v) is 5.94. The van der Waals surface area contributed by atoms with Crippen molar-refractivity contribution in [3.63, 3.8) is 0 Å². The zero-order valence-corrected chi connectivity index (χ0v) is 21.1. The fraction of sp³-hybridized carbons (Fsp3) is 0.308. The van der Waals surface area contributed by atoms with Crippen molar-refractivity contribution in [2.24, 2.45) is 7.05 Å². The lowest BCUT2D eigenvalue weighted by Gasteiger charge is -2.09. The van der Waals surface area contributed by atoms with Crippen LogP contribution in [0.3, 0.4) is 0 Å². The van der Waals surface area contributed by atoms with Crippen molar-refractivity contribution < 1.29 is 17.9 Å². The number of benzene rings is 1. The Morgan fingerprint density at radius 1 is 1.00 bits per heavy atom. The molecule has 0 N–H and O–H groups in total. The van der Waals surface area contributed by atoms with Gasteiger partial charge in [-0.3, -0.25) is 0 Å². The Bertz CT molecular complexity index is 1570. The van der Waals surface area contributed by atoms with Crippen molar-refractivity contribution in [3.05, 3.63) is 66.3 Å². The van der Waals surface area contributed by atoms with Crippen molar-refractivity contribution in [2.45, 2.75) is 39.4 Å². The van der Waals surface area contributed by atoms with E-state index in [1.54, 1.807) is 29.2 Å². The molecular formula is C26H25F3N8O. The Morgan fingerprint density at radius 3 is 2.47 bits per heavy atom. The summed E-state index contributed by atoms with van der Waals surface area (Å²) in [5.74, 6) is 1.40. The summed E-state index contributed by atoms with van der Waals surface area (Å²) >= 11 is 0. The van der Waals surface area contributed by atoms with Crippen LogP contribution >= 0.6 is 0 Å². The van der Waals surface area contributed by atoms with Gasteiger partial charge in [-0.2, -0.15) is 23.3 Å². The second kappa shape index (κ2) is 10.2. The lowest BCUT2D eigenvalue weighted by atomic mass is 10.1. The van der Waals surface area contributed by atoms with E-state index in [2.05, 4.69) is 31.8 Å². The van der Waals surface area contributed by atoms with Gasteiger partial charge in [0, 0.05) is 37.6 Å². The van der Waals surface area contributed by atoms with Crippen molar-refractivity contribution in [1.29, 1.82) is 0 Å². The predicted octanol–water partition coefficient (Wildman–Crippen LogP) is 5.10. The molecule has 0 unspecified atom stereocenters. The molecule has 0 amide bonds. The number of alkyl halides is 3. The molecule has 38 heavy (non-hydrogen) atoms. The van der Waals surface area contributed by atoms with Gasteiger partial charge in [-0.25, -0.2) is 24.6 Å². The highest BCUT2D eigenvalue weighted by atomic mass is 19.4. The van der Waals surface area contributed by atoms with Crippen molar-refractivity contribution >= 4 is 11.0 Å². The number of halogens is 3. The molecule has 12 heteroatoms. The van der Waals surface area contributed by atoms with E-state index in [-0.39, 0.29) is 5.82 Å². The van der Waals surface area contributed by atoms with Gasteiger partial charge >= 0.3 is 6.18 Å². The van der Waals surface area contributed by atoms with Crippen LogP contribution in [0, 0.1) is 0 Å². The Morgan fingerprint density at radius 2 is 1.79 bits per heavy atom. The molecule has 0 bridgehead atoms. The molecule has 4 heterocycles. The van der Waals surface area contributed by atoms with E-state index >= 15 is 0 Å². The van der Waals surface area contributed by atoms with Crippen LogP contribution in [0.25, 0.3) is 33.7 Å². The van der Waals surface area contributed by atoms with Gasteiger partial charge in [0.25, 0.3) is 0 Å². The molecule has 0 atom stereocenters. The molecular weight excluding hydrogens is 497 g/mol. The molecule has 0 spiro atoms. The van der Waals surface area contributed by atoms with E-state index in [9.17, 15) is 13.2 Å². The number of ether oxygens (including phenoxy) is 1. The molecule has 5 aromatic rings. The molecule has 9 nitrogen and oxygen atoms in total. The maximum absolute atomic E-state index is 13.1. The van der Waals surface area contributed by atoms with E-state index in [1.165, 1.54) is 17.9 Å². The van der Waals surface area contributed by atoms with Gasteiger partial charge in [-0.1, -0.05) is 31.2 Å². The highest BCUT2D eigenvalue weighted by Crippen LogP contribution is 2.33. The second-order valence-corrected chi connectivity index (χ2v) is 8.71. The van der Waals surface area contributed by atoms with Crippen LogP contribution in [-0.4, -0.2) is 45.9 Å². The summed E-state index contributed by atoms with van der Waals surface area (Å²) in [6.07, 6.45) is 3.01. The first kappa shape index (κ1) is 25.3. The van der Waals surface area contributed by atoms with E-state index < -0.39 is 11.9 Å². The molecule has 5 rings (SSSR count). The number of aromatic nitrogens is 8. The number of hydrogen-bond donors (Lipinski definition) is 0. The zero-order chi connectivity index (χ0) is 26.9. The summed E-state index contributed by atoms with van der Waals surface area (Å²) in [6, 6.07) is 7.15. The maximum atomic E-state index is 13.1. The summed E-state index contributed by atoms with van der Waals surface area (Å²) in [4.78, 5) is 21.5. The molecule has 0 saturated carbocycles. The second-order valence-electron chi connectivity index (χ2n) is 8.71. The number of aryl methyl sites for hydroxylation is 2. The SMILES string of the molecule is CCCc1ncc(-c2nn(Cc3ccc(-c4nc(C(F)(F)F)cn4C)cc3)c3ncncc23)c(OCC)n1. The summed E-state index contributed by atoms with van der Waals surface area (Å²) < 4.78 is 48.1. The Hall–Kier alpha value is -4.35. The summed E-state index contributed by atoms with van der Waals surface area (Å²) in [5.41, 5.74) is 2.41. The quantitative estimate of drug-likeness (QED) is 0.280. The first-order chi connectivity index (χ1) is 18.3. The van der Waals surface area contributed by atoms with Gasteiger partial charge in [-0.05, 0) is 18.9 Å². The van der Waals surface area contributed by atoms with Crippen LogP contribution in [0.2, 0.25) is 0 Å². The number of hydrogen-bond acceptors (Lipinski definition) is 7. The molecule has 196 valence electrons. The standard InChI is InChI=1S/C26H25F3N8O/c1-4-6-21-31-12-19(25(34-21)38-5-2)22-18-11-30-15-32-24(18)37(35-22)13-16-7-9-17(10-8-16)23-33-20(14-36(23)3)26(27,28)29/h7-12,14-15H,4-6,13H2,1-3H3. The van der Waals surface area contributed by atoms with Crippen molar-refractivity contribution in [1.82, 2.24) is 39.3 Å². The normalized spacial score (nSPS) is 11.8. The maximum Gasteiger partial charge on any atom is 0.434 e. The first-order valence-electron chi connectivity index (χ1n) is 12.1. The van der Waals surface area contributed by atoms with Gasteiger partial charge in [0.15, 0.2) is 11.3 Å². The molecule has 0 radical (unpaired) electrons. The van der Waals surface area contributed by atoms with E-state index in [4.69, 9.17) is 9.84 Å². The van der Waals surface area contributed by atoms with E-state index in [0.717, 1.165) is 30.0 Å². The zero-order valence-electron chi connectivity index (χ0n) is 21.1. The van der Waals surface area contributed by atoms with E-state index in [0.29, 0.717) is 47.3 Å². The third kappa shape index (κ3) is 4.93. The molecule has 0 fully saturated rings. The van der Waals surface area contributed by atoms with Crippen molar-refractivity contribution in [2.75, 3.05) is 6.61 Å². The molecule has 0 aliphatic heterocycles. The van der Waals surface area contributed by atoms with Gasteiger partial charge in [0.2, 0.25) is 5.88 Å². The summed E-state index contributed by atoms with van der Waals surface area (Å²) in [6.45, 7) is 4.77. The summed E-state index contributed by atoms with van der Waals surface area (Å²) in [7, 11) is 1.54. The largest absolute Gasteiger partial charge is 0.477 e. The average molecular weight is 523 g/mol. The van der Waals surface area contributed by atoms with Gasteiger partial charge in [0.05, 0.1) is 24.1 Å². The number of imidazole rings is 1. The van der Waals surface area contributed by atoms with Crippen LogP contribution < -0.4 is 4.74 Å². The first-order valence-corrected chi connectivity index (χ1v) is 12.1. The van der Waals surface area contributed by atoms with Gasteiger partial charge in [-0.15, -0.1) is 0 Å². The molecule has 1 aromatic carbocycles.